The topological polar surface area (TPSA) is 55.8 Å². The Balaban J connectivity index is 1.49. The number of rotatable bonds is 5. The molecule has 3 aromatic carbocycles. The molecule has 0 aromatic heterocycles. The van der Waals surface area contributed by atoms with Gasteiger partial charge in [0.25, 0.3) is 0 Å². The maximum Gasteiger partial charge on any atom is 0.414 e. The number of ether oxygens (including phenoxy) is 2. The summed E-state index contributed by atoms with van der Waals surface area (Å²) in [6, 6.07) is 21.6. The van der Waals surface area contributed by atoms with Crippen molar-refractivity contribution in [3.63, 3.8) is 0 Å². The quantitative estimate of drug-likeness (QED) is 0.344. The molecule has 0 heterocycles. The zero-order valence-corrected chi connectivity index (χ0v) is 20.5. The van der Waals surface area contributed by atoms with E-state index >= 15 is 0 Å². The van der Waals surface area contributed by atoms with Crippen molar-refractivity contribution in [1.82, 2.24) is 0 Å². The van der Waals surface area contributed by atoms with E-state index in [0.717, 1.165) is 11.1 Å². The highest BCUT2D eigenvalue weighted by Gasteiger charge is 2.29. The van der Waals surface area contributed by atoms with Gasteiger partial charge in [-0.25, -0.2) is 4.79 Å². The van der Waals surface area contributed by atoms with Crippen LogP contribution in [0, 0.1) is 12.3 Å². The minimum absolute atomic E-state index is 0.0282. The molecule has 4 rings (SSSR count). The maximum absolute atomic E-state index is 13.0. The first-order chi connectivity index (χ1) is 16.7. The number of carbonyl (C=O) groups excluding carboxylic acids is 2. The average Bonchev–Trinajstić information content (AvgIpc) is 3.14. The molecule has 0 spiro atoms. The van der Waals surface area contributed by atoms with E-state index in [1.54, 1.807) is 25.2 Å². The molecule has 3 aromatic rings. The monoisotopic (exact) mass is 467 g/mol. The first kappa shape index (κ1) is 24.1. The lowest BCUT2D eigenvalue weighted by Crippen LogP contribution is -2.29. The lowest BCUT2D eigenvalue weighted by Gasteiger charge is -2.21. The zero-order valence-electron chi connectivity index (χ0n) is 20.5. The number of carbonyl (C=O) groups is 2. The number of hydrogen-bond acceptors (Lipinski definition) is 4. The van der Waals surface area contributed by atoms with Gasteiger partial charge in [-0.3, -0.25) is 9.69 Å². The van der Waals surface area contributed by atoms with Gasteiger partial charge in [0.15, 0.2) is 0 Å². The van der Waals surface area contributed by atoms with Crippen molar-refractivity contribution in [2.75, 3.05) is 18.6 Å². The van der Waals surface area contributed by atoms with Gasteiger partial charge in [0.2, 0.25) is 0 Å². The fraction of sp³-hybridized carbons (Fsp3) is 0.267. The van der Waals surface area contributed by atoms with Gasteiger partial charge in [-0.05, 0) is 66.8 Å². The first-order valence-corrected chi connectivity index (χ1v) is 11.6. The minimum atomic E-state index is -0.582. The number of hydrogen-bond donors (Lipinski definition) is 0. The van der Waals surface area contributed by atoms with Crippen LogP contribution in [0.4, 0.5) is 10.5 Å². The summed E-state index contributed by atoms with van der Waals surface area (Å²) in [5, 5.41) is 0. The Bertz CT molecular complexity index is 1270. The van der Waals surface area contributed by atoms with Crippen molar-refractivity contribution >= 4 is 17.7 Å². The summed E-state index contributed by atoms with van der Waals surface area (Å²) in [4.78, 5) is 26.7. The third-order valence-electron chi connectivity index (χ3n) is 5.91. The second kappa shape index (κ2) is 9.68. The highest BCUT2D eigenvalue weighted by atomic mass is 16.6. The number of amides is 1. The molecule has 0 radical (unpaired) electrons. The van der Waals surface area contributed by atoms with Crippen LogP contribution < -0.4 is 4.90 Å². The molecule has 0 aliphatic heterocycles. The van der Waals surface area contributed by atoms with Crippen LogP contribution in [0.3, 0.4) is 0 Å². The molecule has 5 heteroatoms. The van der Waals surface area contributed by atoms with Crippen LogP contribution in [0.1, 0.15) is 48.9 Å². The molecule has 1 aliphatic rings. The second-order valence-corrected chi connectivity index (χ2v) is 9.66. The van der Waals surface area contributed by atoms with Crippen LogP contribution in [-0.4, -0.2) is 31.3 Å². The molecule has 1 aliphatic carbocycles. The van der Waals surface area contributed by atoms with Crippen LogP contribution in [0.15, 0.2) is 66.7 Å². The molecule has 1 amide bonds. The molecule has 35 heavy (non-hydrogen) atoms. The van der Waals surface area contributed by atoms with Crippen molar-refractivity contribution in [3.8, 4) is 23.5 Å². The smallest absolute Gasteiger partial charge is 0.414 e. The molecule has 0 atom stereocenters. The summed E-state index contributed by atoms with van der Waals surface area (Å²) in [6.45, 7) is 5.67. The molecule has 0 bridgehead atoms. The van der Waals surface area contributed by atoms with Gasteiger partial charge in [0.05, 0.1) is 6.42 Å². The molecule has 0 fully saturated rings. The van der Waals surface area contributed by atoms with Gasteiger partial charge < -0.3 is 9.47 Å². The summed E-state index contributed by atoms with van der Waals surface area (Å²) in [5.41, 5.74) is 5.86. The van der Waals surface area contributed by atoms with E-state index in [-0.39, 0.29) is 24.9 Å². The number of fused-ring (bicyclic) bond motifs is 3. The van der Waals surface area contributed by atoms with Gasteiger partial charge in [0, 0.05) is 24.2 Å². The number of anilines is 1. The normalized spacial score (nSPS) is 12.3. The van der Waals surface area contributed by atoms with Crippen LogP contribution in [0.5, 0.6) is 0 Å². The fourth-order valence-corrected chi connectivity index (χ4v) is 4.39. The zero-order chi connectivity index (χ0) is 25.2. The minimum Gasteiger partial charge on any atom is -0.460 e. The largest absolute Gasteiger partial charge is 0.460 e. The number of esters is 1. The Labute approximate surface area is 206 Å². The lowest BCUT2D eigenvalue weighted by atomic mass is 9.98. The summed E-state index contributed by atoms with van der Waals surface area (Å²) in [5.74, 6) is 2.20. The van der Waals surface area contributed by atoms with Crippen molar-refractivity contribution in [3.05, 3.63) is 89.0 Å². The Hall–Kier alpha value is -4.04. The fourth-order valence-electron chi connectivity index (χ4n) is 4.39. The maximum atomic E-state index is 13.0. The molecular weight excluding hydrogens is 438 g/mol. The van der Waals surface area contributed by atoms with E-state index < -0.39 is 11.7 Å². The van der Waals surface area contributed by atoms with E-state index in [9.17, 15) is 9.59 Å². The van der Waals surface area contributed by atoms with Gasteiger partial charge in [-0.1, -0.05) is 54.5 Å². The third kappa shape index (κ3) is 5.38. The van der Waals surface area contributed by atoms with Gasteiger partial charge in [-0.15, -0.1) is 6.42 Å². The Morgan fingerprint density at radius 1 is 0.971 bits per heavy atom. The summed E-state index contributed by atoms with van der Waals surface area (Å²) in [6.07, 6.45) is 5.19. The number of benzene rings is 3. The molecule has 0 saturated heterocycles. The standard InChI is InChI=1S/C30H29NO4/c1-6-20-15-21(18-28(32)35-30(2,3)4)17-22(16-20)31(5)29(33)34-19-27-25-13-9-7-11-23(25)24-12-8-10-14-26(24)27/h1,7-17,27H,18-19H2,2-5H3. The van der Waals surface area contributed by atoms with Crippen LogP contribution in [0.25, 0.3) is 11.1 Å². The number of nitrogens with zero attached hydrogens (tertiary/aromatic N) is 1. The predicted molar refractivity (Wildman–Crippen MR) is 137 cm³/mol. The SMILES string of the molecule is C#Cc1cc(CC(=O)OC(C)(C)C)cc(N(C)C(=O)OCC2c3ccccc3-c3ccccc32)c1. The van der Waals surface area contributed by atoms with Crippen molar-refractivity contribution < 1.29 is 19.1 Å². The second-order valence-electron chi connectivity index (χ2n) is 9.66. The van der Waals surface area contributed by atoms with Crippen molar-refractivity contribution in [1.29, 1.82) is 0 Å². The van der Waals surface area contributed by atoms with Gasteiger partial charge >= 0.3 is 12.1 Å². The summed E-state index contributed by atoms with van der Waals surface area (Å²) in [7, 11) is 1.63. The predicted octanol–water partition coefficient (Wildman–Crippen LogP) is 5.94. The molecular formula is C30H29NO4. The van der Waals surface area contributed by atoms with E-state index in [0.29, 0.717) is 16.8 Å². The highest BCUT2D eigenvalue weighted by molar-refractivity contribution is 5.88. The summed E-state index contributed by atoms with van der Waals surface area (Å²) < 4.78 is 11.2. The van der Waals surface area contributed by atoms with E-state index in [2.05, 4.69) is 30.2 Å². The molecule has 178 valence electrons. The lowest BCUT2D eigenvalue weighted by molar-refractivity contribution is -0.153. The molecule has 0 N–H and O–H groups in total. The first-order valence-electron chi connectivity index (χ1n) is 11.6. The Morgan fingerprint density at radius 2 is 1.57 bits per heavy atom. The van der Waals surface area contributed by atoms with E-state index in [1.807, 2.05) is 45.0 Å². The average molecular weight is 468 g/mol. The van der Waals surface area contributed by atoms with Crippen LogP contribution in [-0.2, 0) is 20.7 Å². The molecule has 0 unspecified atom stereocenters. The Morgan fingerprint density at radius 3 is 2.14 bits per heavy atom. The molecule has 5 nitrogen and oxygen atoms in total. The molecule has 0 saturated carbocycles. The van der Waals surface area contributed by atoms with Gasteiger partial charge in [0.1, 0.15) is 12.2 Å². The Kier molecular flexibility index (Phi) is 6.66. The van der Waals surface area contributed by atoms with Crippen LogP contribution in [0.2, 0.25) is 0 Å². The van der Waals surface area contributed by atoms with Crippen molar-refractivity contribution in [2.45, 2.75) is 38.7 Å². The van der Waals surface area contributed by atoms with Gasteiger partial charge in [-0.2, -0.15) is 0 Å². The van der Waals surface area contributed by atoms with Crippen LogP contribution >= 0.6 is 0 Å². The van der Waals surface area contributed by atoms with E-state index in [1.165, 1.54) is 16.0 Å². The van der Waals surface area contributed by atoms with Crippen molar-refractivity contribution in [2.24, 2.45) is 0 Å². The van der Waals surface area contributed by atoms with E-state index in [4.69, 9.17) is 15.9 Å². The third-order valence-corrected chi connectivity index (χ3v) is 5.91. The highest BCUT2D eigenvalue weighted by Crippen LogP contribution is 2.44. The number of terminal acetylenes is 1. The summed E-state index contributed by atoms with van der Waals surface area (Å²) >= 11 is 0.